The largest absolute Gasteiger partial charge is 0.573 e. The Bertz CT molecular complexity index is 843. The van der Waals surface area contributed by atoms with Gasteiger partial charge in [-0.3, -0.25) is 0 Å². The molecule has 2 aromatic rings. The summed E-state index contributed by atoms with van der Waals surface area (Å²) in [5, 5.41) is 0. The molecular formula is C16H16F3N3O3S. The second-order valence-corrected chi connectivity index (χ2v) is 7.47. The molecule has 0 unspecified atom stereocenters. The highest BCUT2D eigenvalue weighted by atomic mass is 32.2. The highest BCUT2D eigenvalue weighted by molar-refractivity contribution is 7.89. The fourth-order valence-electron chi connectivity index (χ4n) is 2.71. The van der Waals surface area contributed by atoms with Gasteiger partial charge in [0.15, 0.2) is 0 Å². The molecule has 0 amide bonds. The highest BCUT2D eigenvalue weighted by Gasteiger charge is 2.31. The molecule has 1 aliphatic rings. The Hall–Kier alpha value is -2.33. The summed E-state index contributed by atoms with van der Waals surface area (Å²) >= 11 is 0. The monoisotopic (exact) mass is 387 g/mol. The van der Waals surface area contributed by atoms with Crippen molar-refractivity contribution in [1.29, 1.82) is 0 Å². The molecule has 10 heteroatoms. The topological polar surface area (TPSA) is 71.5 Å². The van der Waals surface area contributed by atoms with Crippen molar-refractivity contribution >= 4 is 15.8 Å². The summed E-state index contributed by atoms with van der Waals surface area (Å²) in [5.41, 5.74) is 0. The Kier molecular flexibility index (Phi) is 5.05. The first-order chi connectivity index (χ1) is 12.2. The first kappa shape index (κ1) is 18.5. The van der Waals surface area contributed by atoms with Crippen LogP contribution in [-0.2, 0) is 10.0 Å². The molecule has 1 fully saturated rings. The lowest BCUT2D eigenvalue weighted by Crippen LogP contribution is -2.37. The predicted octanol–water partition coefficient (Wildman–Crippen LogP) is 2.54. The van der Waals surface area contributed by atoms with E-state index >= 15 is 0 Å². The number of anilines is 1. The van der Waals surface area contributed by atoms with Gasteiger partial charge in [0.2, 0.25) is 10.0 Å². The summed E-state index contributed by atoms with van der Waals surface area (Å²) in [4.78, 5) is 6.08. The fraction of sp³-hybridized carbons (Fsp3) is 0.312. The van der Waals surface area contributed by atoms with Gasteiger partial charge in [-0.05, 0) is 42.8 Å². The first-order valence-electron chi connectivity index (χ1n) is 7.77. The van der Waals surface area contributed by atoms with Crippen LogP contribution in [-0.4, -0.2) is 38.9 Å². The molecule has 1 N–H and O–H groups in total. The molecule has 6 nitrogen and oxygen atoms in total. The molecule has 1 aliphatic heterocycles. The van der Waals surface area contributed by atoms with Crippen LogP contribution >= 0.6 is 0 Å². The molecule has 0 saturated carbocycles. The molecule has 0 bridgehead atoms. The van der Waals surface area contributed by atoms with Crippen molar-refractivity contribution in [2.45, 2.75) is 23.7 Å². The van der Waals surface area contributed by atoms with Gasteiger partial charge in [-0.25, -0.2) is 18.1 Å². The minimum Gasteiger partial charge on any atom is -0.406 e. The third-order valence-corrected chi connectivity index (χ3v) is 5.39. The van der Waals surface area contributed by atoms with E-state index in [0.717, 1.165) is 30.1 Å². The SMILES string of the molecule is O=S(=O)(N[C@H]1CCN(c2ccccn2)C1)c1ccc(OC(F)(F)F)cc1. The van der Waals surface area contributed by atoms with Crippen LogP contribution in [0.25, 0.3) is 0 Å². The number of halogens is 3. The third-order valence-electron chi connectivity index (χ3n) is 3.85. The fourth-order valence-corrected chi connectivity index (χ4v) is 3.97. The van der Waals surface area contributed by atoms with Gasteiger partial charge >= 0.3 is 6.36 Å². The van der Waals surface area contributed by atoms with Gasteiger partial charge < -0.3 is 9.64 Å². The number of hydrogen-bond acceptors (Lipinski definition) is 5. The first-order valence-corrected chi connectivity index (χ1v) is 9.25. The van der Waals surface area contributed by atoms with E-state index in [1.165, 1.54) is 0 Å². The van der Waals surface area contributed by atoms with Gasteiger partial charge in [-0.15, -0.1) is 13.2 Å². The molecule has 0 radical (unpaired) electrons. The number of benzene rings is 1. The second-order valence-electron chi connectivity index (χ2n) is 5.76. The predicted molar refractivity (Wildman–Crippen MR) is 88.3 cm³/mol. The van der Waals surface area contributed by atoms with E-state index in [9.17, 15) is 21.6 Å². The van der Waals surface area contributed by atoms with Gasteiger partial charge in [-0.1, -0.05) is 6.07 Å². The number of pyridine rings is 1. The standard InChI is InChI=1S/C16H16F3N3O3S/c17-16(18,19)25-13-4-6-14(7-5-13)26(23,24)21-12-8-10-22(11-12)15-3-1-2-9-20-15/h1-7,9,12,21H,8,10-11H2/t12-/m0/s1. The molecule has 0 aliphatic carbocycles. The Morgan fingerprint density at radius 1 is 1.15 bits per heavy atom. The quantitative estimate of drug-likeness (QED) is 0.854. The summed E-state index contributed by atoms with van der Waals surface area (Å²) in [7, 11) is -3.84. The normalized spacial score (nSPS) is 18.1. The third kappa shape index (κ3) is 4.64. The van der Waals surface area contributed by atoms with E-state index < -0.39 is 22.1 Å². The van der Waals surface area contributed by atoms with E-state index in [1.807, 2.05) is 17.0 Å². The van der Waals surface area contributed by atoms with Crippen molar-refractivity contribution < 1.29 is 26.3 Å². The number of sulfonamides is 1. The highest BCUT2D eigenvalue weighted by Crippen LogP contribution is 2.24. The van der Waals surface area contributed by atoms with E-state index in [4.69, 9.17) is 0 Å². The number of ether oxygens (including phenoxy) is 1. The lowest BCUT2D eigenvalue weighted by Gasteiger charge is -2.18. The Morgan fingerprint density at radius 3 is 2.50 bits per heavy atom. The van der Waals surface area contributed by atoms with E-state index in [-0.39, 0.29) is 10.9 Å². The Balaban J connectivity index is 1.64. The zero-order chi connectivity index (χ0) is 18.8. The van der Waals surface area contributed by atoms with Crippen LogP contribution in [0.3, 0.4) is 0 Å². The number of alkyl halides is 3. The molecular weight excluding hydrogens is 371 g/mol. The van der Waals surface area contributed by atoms with Crippen LogP contribution in [0, 0.1) is 0 Å². The Morgan fingerprint density at radius 2 is 1.88 bits per heavy atom. The van der Waals surface area contributed by atoms with Gasteiger partial charge in [0.1, 0.15) is 11.6 Å². The smallest absolute Gasteiger partial charge is 0.406 e. The molecule has 1 saturated heterocycles. The maximum atomic E-state index is 12.4. The molecule has 3 rings (SSSR count). The number of nitrogens with one attached hydrogen (secondary N) is 1. The zero-order valence-corrected chi connectivity index (χ0v) is 14.3. The Labute approximate surface area is 148 Å². The average molecular weight is 387 g/mol. The van der Waals surface area contributed by atoms with Gasteiger partial charge in [0, 0.05) is 25.3 Å². The molecule has 1 atom stereocenters. The minimum absolute atomic E-state index is 0.122. The summed E-state index contributed by atoms with van der Waals surface area (Å²) in [6.45, 7) is 1.12. The maximum absolute atomic E-state index is 12.4. The number of nitrogens with zero attached hydrogens (tertiary/aromatic N) is 2. The maximum Gasteiger partial charge on any atom is 0.573 e. The summed E-state index contributed by atoms with van der Waals surface area (Å²) in [6, 6.07) is 9.28. The summed E-state index contributed by atoms with van der Waals surface area (Å²) < 4.78 is 67.6. The van der Waals surface area contributed by atoms with Crippen LogP contribution in [0.2, 0.25) is 0 Å². The second kappa shape index (κ2) is 7.12. The van der Waals surface area contributed by atoms with Crippen molar-refractivity contribution in [1.82, 2.24) is 9.71 Å². The van der Waals surface area contributed by atoms with Crippen LogP contribution in [0.4, 0.5) is 19.0 Å². The van der Waals surface area contributed by atoms with Crippen molar-refractivity contribution in [3.8, 4) is 5.75 Å². The molecule has 26 heavy (non-hydrogen) atoms. The number of hydrogen-bond donors (Lipinski definition) is 1. The van der Waals surface area contributed by atoms with E-state index in [0.29, 0.717) is 19.5 Å². The van der Waals surface area contributed by atoms with Crippen molar-refractivity contribution in [3.05, 3.63) is 48.7 Å². The summed E-state index contributed by atoms with van der Waals surface area (Å²) in [6.07, 6.45) is -2.56. The van der Waals surface area contributed by atoms with E-state index in [1.54, 1.807) is 12.3 Å². The van der Waals surface area contributed by atoms with Gasteiger partial charge in [-0.2, -0.15) is 0 Å². The van der Waals surface area contributed by atoms with Gasteiger partial charge in [0.05, 0.1) is 4.90 Å². The number of rotatable bonds is 5. The molecule has 1 aromatic carbocycles. The number of aromatic nitrogens is 1. The van der Waals surface area contributed by atoms with Gasteiger partial charge in [0.25, 0.3) is 0 Å². The molecule has 140 valence electrons. The lowest BCUT2D eigenvalue weighted by molar-refractivity contribution is -0.274. The van der Waals surface area contributed by atoms with Crippen LogP contribution in [0.15, 0.2) is 53.6 Å². The van der Waals surface area contributed by atoms with Crippen molar-refractivity contribution in [3.63, 3.8) is 0 Å². The molecule has 0 spiro atoms. The van der Waals surface area contributed by atoms with E-state index in [2.05, 4.69) is 14.4 Å². The lowest BCUT2D eigenvalue weighted by atomic mass is 10.3. The van der Waals surface area contributed by atoms with Crippen molar-refractivity contribution in [2.75, 3.05) is 18.0 Å². The van der Waals surface area contributed by atoms with Crippen LogP contribution < -0.4 is 14.4 Å². The van der Waals surface area contributed by atoms with Crippen LogP contribution in [0.1, 0.15) is 6.42 Å². The van der Waals surface area contributed by atoms with Crippen molar-refractivity contribution in [2.24, 2.45) is 0 Å². The zero-order valence-electron chi connectivity index (χ0n) is 13.5. The average Bonchev–Trinajstić information content (AvgIpc) is 3.02. The molecule has 1 aromatic heterocycles. The minimum atomic E-state index is -4.82. The van der Waals surface area contributed by atoms with Crippen LogP contribution in [0.5, 0.6) is 5.75 Å². The summed E-state index contributed by atoms with van der Waals surface area (Å²) in [5.74, 6) is 0.293. The molecule has 2 heterocycles.